The van der Waals surface area contributed by atoms with Gasteiger partial charge in [0.1, 0.15) is 0 Å². The standard InChI is InChI=1S/3C19H18.6C2H6.3Y/c1-5-12(2)15-6-9-18-16(11-15)7-8-17-14(4)13(3)10-19(17)18;1-5-12(2)15-6-7-16-11-19-14(4)13(3)8-18(19)10-17(16)9-15;1-5-12(2)16-7-6-8-18-17(16)10-9-15-11-13(3)14(4)19(15)18;6*1-2;;;/h6-9H,10H2,1-4H3;7,9-11H,8H2,1-4H3;6,8-10H,11H2,1-4H3;6*1-2H3;;;/q3*-2;;;;;;;;;. The minimum atomic E-state index is 0. The van der Waals surface area contributed by atoms with Gasteiger partial charge in [0.15, 0.2) is 0 Å². The first kappa shape index (κ1) is 74.1. The van der Waals surface area contributed by atoms with Crippen LogP contribution in [0, 0.1) is 36.4 Å². The van der Waals surface area contributed by atoms with Crippen LogP contribution in [0.3, 0.4) is 0 Å². The van der Waals surface area contributed by atoms with Crippen molar-refractivity contribution >= 4 is 65.8 Å². The van der Waals surface area contributed by atoms with Crippen LogP contribution in [0.15, 0.2) is 89.5 Å². The molecule has 3 aliphatic carbocycles. The van der Waals surface area contributed by atoms with E-state index in [1.165, 1.54) is 110 Å². The first-order valence-electron chi connectivity index (χ1n) is 26.3. The largest absolute Gasteiger partial charge is 0.327 e. The summed E-state index contributed by atoms with van der Waals surface area (Å²) in [6.07, 6.45) is 12.9. The SMILES string of the molecule is CC.CC.CC.CC.CC.CC.C[C-]=C(C)c1[c-]c2ccc3c(c2cc1)CC(C)=C3C.C[C-]=C(C)c1[c-]cc2cc3c(cc2c1)CC(C)=C3C.C[C-]=C(C)c1[c-]ccc2c3c(ccc12)CC(C)=C3C.[Y].[Y].[Y]. The van der Waals surface area contributed by atoms with Crippen LogP contribution in [-0.4, -0.2) is 0 Å². The Bertz CT molecular complexity index is 2790. The Morgan fingerprint density at radius 2 is 0.958 bits per heavy atom. The van der Waals surface area contributed by atoms with Crippen molar-refractivity contribution < 1.29 is 98.1 Å². The number of hydrogen-bond acceptors (Lipinski definition) is 0. The first-order chi connectivity index (χ1) is 33.3. The molecular weight excluding hydrogens is 1100 g/mol. The summed E-state index contributed by atoms with van der Waals surface area (Å²) in [7, 11) is 0. The van der Waals surface area contributed by atoms with Gasteiger partial charge in [-0.05, 0) is 105 Å². The van der Waals surface area contributed by atoms with E-state index >= 15 is 0 Å². The summed E-state index contributed by atoms with van der Waals surface area (Å²) in [4.78, 5) is 0. The van der Waals surface area contributed by atoms with Crippen molar-refractivity contribution in [1.82, 2.24) is 0 Å². The fourth-order valence-corrected chi connectivity index (χ4v) is 8.62. The van der Waals surface area contributed by atoms with Crippen molar-refractivity contribution in [2.45, 2.75) is 185 Å². The molecule has 0 amide bonds. The van der Waals surface area contributed by atoms with Crippen molar-refractivity contribution in [3.05, 3.63) is 176 Å². The van der Waals surface area contributed by atoms with E-state index in [1.54, 1.807) is 0 Å². The molecule has 0 N–H and O–H groups in total. The van der Waals surface area contributed by atoms with E-state index in [9.17, 15) is 0 Å². The van der Waals surface area contributed by atoms with Crippen LogP contribution in [0.2, 0.25) is 0 Å². The zero-order valence-corrected chi connectivity index (χ0v) is 58.3. The fourth-order valence-electron chi connectivity index (χ4n) is 8.62. The molecule has 3 aliphatic rings. The van der Waals surface area contributed by atoms with Crippen molar-refractivity contribution in [3.63, 3.8) is 0 Å². The molecule has 0 saturated carbocycles. The van der Waals surface area contributed by atoms with E-state index in [0.29, 0.717) is 0 Å². The van der Waals surface area contributed by atoms with Gasteiger partial charge in [0.2, 0.25) is 0 Å². The Morgan fingerprint density at radius 3 is 1.54 bits per heavy atom. The first-order valence-corrected chi connectivity index (χ1v) is 26.3. The van der Waals surface area contributed by atoms with E-state index in [-0.39, 0.29) is 98.1 Å². The van der Waals surface area contributed by atoms with Gasteiger partial charge in [-0.2, -0.15) is 17.5 Å². The van der Waals surface area contributed by atoms with Gasteiger partial charge in [-0.25, -0.2) is 30.3 Å². The molecule has 0 saturated heterocycles. The fraction of sp³-hybridized carbons (Fsp3) is 0.391. The maximum atomic E-state index is 3.52. The molecule has 6 aromatic rings. The molecule has 72 heavy (non-hydrogen) atoms. The molecule has 0 spiro atoms. The minimum absolute atomic E-state index is 0. The van der Waals surface area contributed by atoms with Crippen LogP contribution in [0.4, 0.5) is 0 Å². The van der Waals surface area contributed by atoms with Crippen LogP contribution in [0.25, 0.3) is 65.8 Å². The second-order valence-electron chi connectivity index (χ2n) is 16.2. The summed E-state index contributed by atoms with van der Waals surface area (Å²) in [5, 5.41) is 7.80. The topological polar surface area (TPSA) is 0 Å². The molecule has 6 aromatic carbocycles. The minimum Gasteiger partial charge on any atom is -0.327 e. The number of fused-ring (bicyclic) bond motifs is 8. The van der Waals surface area contributed by atoms with Crippen molar-refractivity contribution in [3.8, 4) is 0 Å². The average molecular weight is 1190 g/mol. The molecule has 381 valence electrons. The number of benzene rings is 6. The molecule has 0 heterocycles. The predicted octanol–water partition coefficient (Wildman–Crippen LogP) is 21.8. The second kappa shape index (κ2) is 38.4. The third-order valence-electron chi connectivity index (χ3n) is 12.9. The molecule has 0 nitrogen and oxygen atoms in total. The van der Waals surface area contributed by atoms with Crippen LogP contribution >= 0.6 is 0 Å². The van der Waals surface area contributed by atoms with E-state index in [0.717, 1.165) is 41.5 Å². The van der Waals surface area contributed by atoms with Crippen LogP contribution in [-0.2, 0) is 117 Å². The van der Waals surface area contributed by atoms with Gasteiger partial charge in [-0.1, -0.05) is 135 Å². The van der Waals surface area contributed by atoms with Crippen molar-refractivity contribution in [1.29, 1.82) is 0 Å². The Balaban J connectivity index is -0.000000879. The molecule has 0 atom stereocenters. The van der Waals surface area contributed by atoms with E-state index < -0.39 is 0 Å². The Morgan fingerprint density at radius 1 is 0.444 bits per heavy atom. The molecule has 0 fully saturated rings. The van der Waals surface area contributed by atoms with Gasteiger partial charge < -0.3 is 34.9 Å². The van der Waals surface area contributed by atoms with Gasteiger partial charge in [0.05, 0.1) is 0 Å². The molecule has 0 unspecified atom stereocenters. The predicted molar refractivity (Wildman–Crippen MR) is 316 cm³/mol. The second-order valence-corrected chi connectivity index (χ2v) is 16.2. The number of rotatable bonds is 3. The van der Waals surface area contributed by atoms with Crippen LogP contribution in [0.5, 0.6) is 0 Å². The number of hydrogen-bond donors (Lipinski definition) is 0. The van der Waals surface area contributed by atoms with Crippen molar-refractivity contribution in [2.24, 2.45) is 0 Å². The molecule has 0 aromatic heterocycles. The van der Waals surface area contributed by atoms with Crippen molar-refractivity contribution in [2.75, 3.05) is 0 Å². The van der Waals surface area contributed by atoms with Crippen LogP contribution in [0.1, 0.15) is 216 Å². The van der Waals surface area contributed by atoms with Gasteiger partial charge in [0, 0.05) is 98.1 Å². The van der Waals surface area contributed by atoms with E-state index in [2.05, 4.69) is 165 Å². The molecule has 9 rings (SSSR count). The number of allylic oxidation sites excluding steroid dienone is 12. The van der Waals surface area contributed by atoms with E-state index in [1.807, 2.05) is 110 Å². The molecular formula is C69H90Y3-6. The Labute approximate surface area is 519 Å². The maximum Gasteiger partial charge on any atom is 0 e. The van der Waals surface area contributed by atoms with Gasteiger partial charge in [-0.3, -0.25) is 16.7 Å². The third-order valence-corrected chi connectivity index (χ3v) is 12.9. The van der Waals surface area contributed by atoms with Gasteiger partial charge in [-0.15, -0.1) is 87.4 Å². The summed E-state index contributed by atoms with van der Waals surface area (Å²) in [6.45, 7) is 49.5. The quantitative estimate of drug-likeness (QED) is 0.155. The molecule has 3 radical (unpaired) electrons. The molecule has 3 heteroatoms. The Kier molecular flexibility index (Phi) is 39.5. The smallest absolute Gasteiger partial charge is 0 e. The Hall–Kier alpha value is -2.15. The summed E-state index contributed by atoms with van der Waals surface area (Å²) in [6, 6.07) is 36.8. The van der Waals surface area contributed by atoms with Gasteiger partial charge >= 0.3 is 0 Å². The van der Waals surface area contributed by atoms with Gasteiger partial charge in [0.25, 0.3) is 0 Å². The summed E-state index contributed by atoms with van der Waals surface area (Å²) >= 11 is 0. The normalized spacial score (nSPS) is 12.6. The molecule has 0 bridgehead atoms. The summed E-state index contributed by atoms with van der Waals surface area (Å²) in [5.41, 5.74) is 24.4. The summed E-state index contributed by atoms with van der Waals surface area (Å²) in [5.74, 6) is 0. The molecule has 0 aliphatic heterocycles. The zero-order valence-electron chi connectivity index (χ0n) is 49.8. The average Bonchev–Trinajstić information content (AvgIpc) is 4.00. The maximum absolute atomic E-state index is 3.52. The third kappa shape index (κ3) is 18.0. The van der Waals surface area contributed by atoms with Crippen LogP contribution < -0.4 is 0 Å². The van der Waals surface area contributed by atoms with E-state index in [4.69, 9.17) is 0 Å². The zero-order chi connectivity index (χ0) is 52.7. The monoisotopic (exact) mass is 1190 g/mol. The summed E-state index contributed by atoms with van der Waals surface area (Å²) < 4.78 is 0.